The third-order valence-corrected chi connectivity index (χ3v) is 1.18. The number of hydrogen-bond donors (Lipinski definition) is 0. The lowest BCUT2D eigenvalue weighted by atomic mass is 10.4. The standard InChI is InChI=1S/C8H6N2/c1-4-7-6-8(5-2)10(3)9-7/h1-2,6H,3H3. The first-order chi connectivity index (χ1) is 4.77. The summed E-state index contributed by atoms with van der Waals surface area (Å²) in [4.78, 5) is 0. The second-order valence-corrected chi connectivity index (χ2v) is 1.83. The van der Waals surface area contributed by atoms with Crippen molar-refractivity contribution in [2.75, 3.05) is 0 Å². The maximum Gasteiger partial charge on any atom is 0.136 e. The van der Waals surface area contributed by atoms with Crippen LogP contribution in [-0.2, 0) is 7.05 Å². The van der Waals surface area contributed by atoms with Crippen molar-refractivity contribution in [2.24, 2.45) is 7.05 Å². The minimum Gasteiger partial charge on any atom is -0.259 e. The molecule has 10 heavy (non-hydrogen) atoms. The van der Waals surface area contributed by atoms with Crippen LogP contribution in [0.4, 0.5) is 0 Å². The Bertz CT molecular complexity index is 320. The van der Waals surface area contributed by atoms with Crippen LogP contribution < -0.4 is 0 Å². The molecule has 0 N–H and O–H groups in total. The van der Waals surface area contributed by atoms with E-state index in [1.807, 2.05) is 0 Å². The molecule has 0 aromatic carbocycles. The first-order valence-corrected chi connectivity index (χ1v) is 2.75. The highest BCUT2D eigenvalue weighted by Crippen LogP contribution is 1.98. The first kappa shape index (κ1) is 6.45. The van der Waals surface area contributed by atoms with Gasteiger partial charge in [-0.25, -0.2) is 0 Å². The molecular formula is C8H6N2. The minimum absolute atomic E-state index is 0.579. The quantitative estimate of drug-likeness (QED) is 0.464. The summed E-state index contributed by atoms with van der Waals surface area (Å²) in [5.74, 6) is 4.85. The van der Waals surface area contributed by atoms with Gasteiger partial charge in [0.2, 0.25) is 0 Å². The molecule has 0 saturated heterocycles. The van der Waals surface area contributed by atoms with E-state index < -0.39 is 0 Å². The molecule has 1 rings (SSSR count). The van der Waals surface area contributed by atoms with Crippen molar-refractivity contribution in [2.45, 2.75) is 0 Å². The molecule has 0 fully saturated rings. The molecule has 1 aromatic heterocycles. The Morgan fingerprint density at radius 3 is 2.50 bits per heavy atom. The summed E-state index contributed by atoms with van der Waals surface area (Å²) in [5, 5.41) is 3.94. The van der Waals surface area contributed by atoms with Crippen LogP contribution in [0.5, 0.6) is 0 Å². The topological polar surface area (TPSA) is 17.8 Å². The summed E-state index contributed by atoms with van der Waals surface area (Å²) in [5.41, 5.74) is 1.28. The van der Waals surface area contributed by atoms with E-state index >= 15 is 0 Å². The fraction of sp³-hybridized carbons (Fsp3) is 0.125. The summed E-state index contributed by atoms with van der Waals surface area (Å²) in [6, 6.07) is 1.69. The summed E-state index contributed by atoms with van der Waals surface area (Å²) in [6.45, 7) is 0. The van der Waals surface area contributed by atoms with Gasteiger partial charge in [0.25, 0.3) is 0 Å². The molecule has 0 amide bonds. The molecule has 0 unspecified atom stereocenters. The lowest BCUT2D eigenvalue weighted by Crippen LogP contribution is -1.92. The first-order valence-electron chi connectivity index (χ1n) is 2.75. The second kappa shape index (κ2) is 2.29. The number of aromatic nitrogens is 2. The van der Waals surface area contributed by atoms with E-state index in [-0.39, 0.29) is 0 Å². The Morgan fingerprint density at radius 1 is 1.50 bits per heavy atom. The fourth-order valence-electron chi connectivity index (χ4n) is 0.673. The molecule has 0 bridgehead atoms. The van der Waals surface area contributed by atoms with Gasteiger partial charge in [0.05, 0.1) is 0 Å². The predicted molar refractivity (Wildman–Crippen MR) is 39.1 cm³/mol. The minimum atomic E-state index is 0.579. The van der Waals surface area contributed by atoms with E-state index in [2.05, 4.69) is 16.9 Å². The average molecular weight is 130 g/mol. The van der Waals surface area contributed by atoms with Gasteiger partial charge in [-0.05, 0) is 5.92 Å². The van der Waals surface area contributed by atoms with E-state index in [4.69, 9.17) is 12.8 Å². The van der Waals surface area contributed by atoms with Crippen molar-refractivity contribution in [1.29, 1.82) is 0 Å². The second-order valence-electron chi connectivity index (χ2n) is 1.83. The monoisotopic (exact) mass is 130 g/mol. The van der Waals surface area contributed by atoms with Gasteiger partial charge in [0.1, 0.15) is 11.4 Å². The highest BCUT2D eigenvalue weighted by molar-refractivity contribution is 5.33. The Hall–Kier alpha value is -1.67. The van der Waals surface area contributed by atoms with Crippen LogP contribution in [0.3, 0.4) is 0 Å². The van der Waals surface area contributed by atoms with Crippen LogP contribution in [-0.4, -0.2) is 9.78 Å². The van der Waals surface area contributed by atoms with Gasteiger partial charge in [0.15, 0.2) is 0 Å². The molecule has 0 aliphatic carbocycles. The van der Waals surface area contributed by atoms with Crippen molar-refractivity contribution < 1.29 is 0 Å². The SMILES string of the molecule is C#Cc1cc(C#C)n(C)n1. The Kier molecular flexibility index (Phi) is 1.48. The number of hydrogen-bond acceptors (Lipinski definition) is 1. The molecule has 0 radical (unpaired) electrons. The third-order valence-electron chi connectivity index (χ3n) is 1.18. The van der Waals surface area contributed by atoms with Crippen LogP contribution in [0, 0.1) is 24.7 Å². The summed E-state index contributed by atoms with van der Waals surface area (Å²) in [7, 11) is 1.76. The largest absolute Gasteiger partial charge is 0.259 e. The maximum atomic E-state index is 5.14. The normalized spacial score (nSPS) is 8.30. The van der Waals surface area contributed by atoms with E-state index in [1.54, 1.807) is 17.8 Å². The zero-order valence-electron chi connectivity index (χ0n) is 5.63. The van der Waals surface area contributed by atoms with Crippen molar-refractivity contribution >= 4 is 0 Å². The van der Waals surface area contributed by atoms with Gasteiger partial charge in [-0.15, -0.1) is 12.8 Å². The van der Waals surface area contributed by atoms with Gasteiger partial charge in [-0.1, -0.05) is 5.92 Å². The zero-order valence-corrected chi connectivity index (χ0v) is 5.63. The molecule has 0 aliphatic rings. The van der Waals surface area contributed by atoms with Crippen LogP contribution in [0.15, 0.2) is 6.07 Å². The predicted octanol–water partition coefficient (Wildman–Crippen LogP) is 0.383. The van der Waals surface area contributed by atoms with Crippen LogP contribution in [0.2, 0.25) is 0 Å². The number of nitrogens with zero attached hydrogens (tertiary/aromatic N) is 2. The molecule has 0 spiro atoms. The van der Waals surface area contributed by atoms with Crippen molar-refractivity contribution in [3.05, 3.63) is 17.5 Å². The highest BCUT2D eigenvalue weighted by Gasteiger charge is 1.97. The lowest BCUT2D eigenvalue weighted by Gasteiger charge is -1.86. The maximum absolute atomic E-state index is 5.14. The van der Waals surface area contributed by atoms with Gasteiger partial charge in [0, 0.05) is 13.1 Å². The molecule has 1 aromatic rings. The molecule has 48 valence electrons. The van der Waals surface area contributed by atoms with Gasteiger partial charge >= 0.3 is 0 Å². The number of terminal acetylenes is 2. The number of aryl methyl sites for hydroxylation is 1. The van der Waals surface area contributed by atoms with E-state index in [0.717, 1.165) is 0 Å². The molecule has 0 aliphatic heterocycles. The molecule has 2 nitrogen and oxygen atoms in total. The number of rotatable bonds is 0. The van der Waals surface area contributed by atoms with Gasteiger partial charge < -0.3 is 0 Å². The molecule has 1 heterocycles. The molecular weight excluding hydrogens is 124 g/mol. The molecule has 0 saturated carbocycles. The smallest absolute Gasteiger partial charge is 0.136 e. The Balaban J connectivity index is 3.23. The summed E-state index contributed by atoms with van der Waals surface area (Å²) < 4.78 is 1.58. The van der Waals surface area contributed by atoms with Crippen LogP contribution in [0.25, 0.3) is 0 Å². The van der Waals surface area contributed by atoms with Crippen LogP contribution >= 0.6 is 0 Å². The van der Waals surface area contributed by atoms with E-state index in [9.17, 15) is 0 Å². The zero-order chi connectivity index (χ0) is 7.56. The molecule has 2 heteroatoms. The van der Waals surface area contributed by atoms with Crippen molar-refractivity contribution in [1.82, 2.24) is 9.78 Å². The van der Waals surface area contributed by atoms with E-state index in [1.165, 1.54) is 0 Å². The Morgan fingerprint density at radius 2 is 2.20 bits per heavy atom. The van der Waals surface area contributed by atoms with Crippen molar-refractivity contribution in [3.8, 4) is 24.7 Å². The van der Waals surface area contributed by atoms with Crippen LogP contribution in [0.1, 0.15) is 11.4 Å². The lowest BCUT2D eigenvalue weighted by molar-refractivity contribution is 0.754. The fourth-order valence-corrected chi connectivity index (χ4v) is 0.673. The summed E-state index contributed by atoms with van der Waals surface area (Å²) in [6.07, 6.45) is 10.2. The molecule has 0 atom stereocenters. The summed E-state index contributed by atoms with van der Waals surface area (Å²) >= 11 is 0. The third kappa shape index (κ3) is 0.876. The Labute approximate surface area is 59.9 Å². The van der Waals surface area contributed by atoms with E-state index in [0.29, 0.717) is 11.4 Å². The van der Waals surface area contributed by atoms with Gasteiger partial charge in [-0.3, -0.25) is 4.68 Å². The average Bonchev–Trinajstić information content (AvgIpc) is 2.30. The van der Waals surface area contributed by atoms with Gasteiger partial charge in [-0.2, -0.15) is 5.10 Å². The highest BCUT2D eigenvalue weighted by atomic mass is 15.3. The van der Waals surface area contributed by atoms with Crippen molar-refractivity contribution in [3.63, 3.8) is 0 Å².